The van der Waals surface area contributed by atoms with E-state index in [0.29, 0.717) is 12.7 Å². The van der Waals surface area contributed by atoms with Gasteiger partial charge in [0, 0.05) is 39.6 Å². The molecular weight excluding hydrogens is 326 g/mol. The average Bonchev–Trinajstić information content (AvgIpc) is 3.29. The standard InChI is InChI=1S/C21H31N3O2/c1-17-22(2)13-15-24(17)16-14-23(3)21(25)20(18-9-5-4-6-10-18)26-19-11-7-8-12-19/h4-6,9-10,13,15,17,19-20H,7-8,11-12,14,16H2,1-3H3. The molecule has 1 saturated carbocycles. The number of carbonyl (C=O) groups is 1. The highest BCUT2D eigenvalue weighted by Crippen LogP contribution is 2.29. The molecule has 1 aliphatic heterocycles. The molecule has 26 heavy (non-hydrogen) atoms. The second kappa shape index (κ2) is 8.58. The van der Waals surface area contributed by atoms with Gasteiger partial charge >= 0.3 is 0 Å². The summed E-state index contributed by atoms with van der Waals surface area (Å²) in [7, 11) is 3.95. The smallest absolute Gasteiger partial charge is 0.256 e. The van der Waals surface area contributed by atoms with E-state index in [1.807, 2.05) is 42.3 Å². The van der Waals surface area contributed by atoms with E-state index in [0.717, 1.165) is 24.9 Å². The van der Waals surface area contributed by atoms with Crippen molar-refractivity contribution in [1.29, 1.82) is 0 Å². The zero-order chi connectivity index (χ0) is 18.5. The molecule has 0 N–H and O–H groups in total. The van der Waals surface area contributed by atoms with Crippen molar-refractivity contribution in [2.45, 2.75) is 51.0 Å². The van der Waals surface area contributed by atoms with E-state index in [4.69, 9.17) is 4.74 Å². The van der Waals surface area contributed by atoms with Crippen molar-refractivity contribution in [3.05, 3.63) is 48.3 Å². The molecule has 5 nitrogen and oxygen atoms in total. The summed E-state index contributed by atoms with van der Waals surface area (Å²) in [6, 6.07) is 9.90. The van der Waals surface area contributed by atoms with Gasteiger partial charge in [0.2, 0.25) is 0 Å². The lowest BCUT2D eigenvalue weighted by Crippen LogP contribution is -2.41. The number of hydrogen-bond donors (Lipinski definition) is 0. The van der Waals surface area contributed by atoms with Crippen LogP contribution in [0.25, 0.3) is 0 Å². The zero-order valence-corrected chi connectivity index (χ0v) is 16.2. The van der Waals surface area contributed by atoms with Gasteiger partial charge in [0.25, 0.3) is 5.91 Å². The van der Waals surface area contributed by atoms with Gasteiger partial charge in [-0.25, -0.2) is 0 Å². The molecule has 1 aromatic carbocycles. The number of likely N-dealkylation sites (N-methyl/N-ethyl adjacent to an activating group) is 1. The van der Waals surface area contributed by atoms with Gasteiger partial charge in [-0.05, 0) is 25.3 Å². The number of hydrogen-bond acceptors (Lipinski definition) is 4. The van der Waals surface area contributed by atoms with Crippen molar-refractivity contribution in [2.75, 3.05) is 27.2 Å². The Balaban J connectivity index is 1.63. The van der Waals surface area contributed by atoms with Gasteiger partial charge in [-0.15, -0.1) is 0 Å². The van der Waals surface area contributed by atoms with E-state index in [2.05, 4.69) is 36.2 Å². The highest BCUT2D eigenvalue weighted by atomic mass is 16.5. The van der Waals surface area contributed by atoms with E-state index in [9.17, 15) is 4.79 Å². The van der Waals surface area contributed by atoms with Crippen LogP contribution in [0, 0.1) is 0 Å². The molecule has 2 unspecified atom stereocenters. The number of benzene rings is 1. The fraction of sp³-hybridized carbons (Fsp3) is 0.571. The minimum atomic E-state index is -0.501. The summed E-state index contributed by atoms with van der Waals surface area (Å²) in [5.41, 5.74) is 0.949. The van der Waals surface area contributed by atoms with Gasteiger partial charge in [0.15, 0.2) is 6.10 Å². The van der Waals surface area contributed by atoms with Crippen LogP contribution in [0.2, 0.25) is 0 Å². The summed E-state index contributed by atoms with van der Waals surface area (Å²) < 4.78 is 6.26. The van der Waals surface area contributed by atoms with E-state index < -0.39 is 6.10 Å². The summed E-state index contributed by atoms with van der Waals surface area (Å²) in [5, 5.41) is 0. The Kier molecular flexibility index (Phi) is 6.20. The lowest BCUT2D eigenvalue weighted by molar-refractivity contribution is -0.147. The fourth-order valence-electron chi connectivity index (χ4n) is 3.64. The molecule has 0 saturated heterocycles. The largest absolute Gasteiger partial charge is 0.360 e. The minimum Gasteiger partial charge on any atom is -0.360 e. The molecule has 2 atom stereocenters. The Morgan fingerprint density at radius 2 is 1.92 bits per heavy atom. The summed E-state index contributed by atoms with van der Waals surface area (Å²) in [5.74, 6) is 0.0484. The van der Waals surface area contributed by atoms with Crippen LogP contribution in [0.15, 0.2) is 42.7 Å². The normalized spacial score (nSPS) is 21.4. The van der Waals surface area contributed by atoms with Crippen LogP contribution in [0.1, 0.15) is 44.3 Å². The minimum absolute atomic E-state index is 0.0484. The molecule has 1 aliphatic carbocycles. The maximum atomic E-state index is 13.1. The summed E-state index contributed by atoms with van der Waals surface area (Å²) in [6.07, 6.45) is 8.70. The Bertz CT molecular complexity index is 613. The lowest BCUT2D eigenvalue weighted by Gasteiger charge is -2.30. The van der Waals surface area contributed by atoms with Crippen molar-refractivity contribution in [1.82, 2.24) is 14.7 Å². The third-order valence-corrected chi connectivity index (χ3v) is 5.59. The van der Waals surface area contributed by atoms with Gasteiger partial charge in [-0.2, -0.15) is 0 Å². The van der Waals surface area contributed by atoms with Crippen molar-refractivity contribution in [3.8, 4) is 0 Å². The second-order valence-corrected chi connectivity index (χ2v) is 7.43. The zero-order valence-electron chi connectivity index (χ0n) is 16.2. The highest BCUT2D eigenvalue weighted by Gasteiger charge is 2.29. The van der Waals surface area contributed by atoms with Gasteiger partial charge in [0.1, 0.15) is 0 Å². The van der Waals surface area contributed by atoms with E-state index in [1.165, 1.54) is 12.8 Å². The molecular formula is C21H31N3O2. The van der Waals surface area contributed by atoms with Crippen molar-refractivity contribution >= 4 is 5.91 Å². The van der Waals surface area contributed by atoms with Gasteiger partial charge in [-0.3, -0.25) is 4.79 Å². The maximum Gasteiger partial charge on any atom is 0.256 e. The average molecular weight is 357 g/mol. The summed E-state index contributed by atoms with van der Waals surface area (Å²) in [4.78, 5) is 19.4. The van der Waals surface area contributed by atoms with E-state index in [1.54, 1.807) is 0 Å². The van der Waals surface area contributed by atoms with E-state index >= 15 is 0 Å². The number of nitrogens with zero attached hydrogens (tertiary/aromatic N) is 3. The lowest BCUT2D eigenvalue weighted by atomic mass is 10.1. The molecule has 0 aromatic heterocycles. The van der Waals surface area contributed by atoms with Crippen LogP contribution in [0.5, 0.6) is 0 Å². The SMILES string of the molecule is CC1N(C)C=CN1CCN(C)C(=O)C(OC1CCCC1)c1ccccc1. The topological polar surface area (TPSA) is 36.0 Å². The van der Waals surface area contributed by atoms with Crippen molar-refractivity contribution < 1.29 is 9.53 Å². The first kappa shape index (κ1) is 18.8. The third-order valence-electron chi connectivity index (χ3n) is 5.59. The molecule has 5 heteroatoms. The highest BCUT2D eigenvalue weighted by molar-refractivity contribution is 5.82. The molecule has 2 aliphatic rings. The van der Waals surface area contributed by atoms with Crippen LogP contribution < -0.4 is 0 Å². The number of amides is 1. The quantitative estimate of drug-likeness (QED) is 0.751. The molecule has 1 fully saturated rings. The monoisotopic (exact) mass is 357 g/mol. The van der Waals surface area contributed by atoms with Crippen molar-refractivity contribution in [2.24, 2.45) is 0 Å². The predicted molar refractivity (Wildman–Crippen MR) is 103 cm³/mol. The summed E-state index contributed by atoms with van der Waals surface area (Å²) in [6.45, 7) is 3.66. The van der Waals surface area contributed by atoms with Crippen LogP contribution in [-0.2, 0) is 9.53 Å². The first-order valence-electron chi connectivity index (χ1n) is 9.67. The van der Waals surface area contributed by atoms with Gasteiger partial charge in [-0.1, -0.05) is 43.2 Å². The van der Waals surface area contributed by atoms with Crippen LogP contribution >= 0.6 is 0 Å². The first-order valence-corrected chi connectivity index (χ1v) is 9.67. The molecule has 142 valence electrons. The van der Waals surface area contributed by atoms with Crippen LogP contribution in [0.3, 0.4) is 0 Å². The first-order chi connectivity index (χ1) is 12.6. The summed E-state index contributed by atoms with van der Waals surface area (Å²) >= 11 is 0. The molecule has 1 heterocycles. The Labute approximate surface area is 157 Å². The molecule has 1 amide bonds. The number of rotatable bonds is 7. The van der Waals surface area contributed by atoms with Crippen LogP contribution in [0.4, 0.5) is 0 Å². The fourth-order valence-corrected chi connectivity index (χ4v) is 3.64. The van der Waals surface area contributed by atoms with Crippen LogP contribution in [-0.4, -0.2) is 60.1 Å². The molecule has 0 radical (unpaired) electrons. The number of carbonyl (C=O) groups excluding carboxylic acids is 1. The Morgan fingerprint density at radius 1 is 1.23 bits per heavy atom. The van der Waals surface area contributed by atoms with Gasteiger partial charge in [0.05, 0.1) is 12.3 Å². The number of ether oxygens (including phenoxy) is 1. The molecule has 0 spiro atoms. The predicted octanol–water partition coefficient (Wildman–Crippen LogP) is 3.21. The van der Waals surface area contributed by atoms with E-state index in [-0.39, 0.29) is 12.0 Å². The molecule has 1 aromatic rings. The molecule has 3 rings (SSSR count). The van der Waals surface area contributed by atoms with Crippen molar-refractivity contribution in [3.63, 3.8) is 0 Å². The Morgan fingerprint density at radius 3 is 2.54 bits per heavy atom. The maximum absolute atomic E-state index is 13.1. The second-order valence-electron chi connectivity index (χ2n) is 7.43. The Hall–Kier alpha value is -2.01. The molecule has 0 bridgehead atoms. The van der Waals surface area contributed by atoms with Gasteiger partial charge < -0.3 is 19.4 Å². The third kappa shape index (κ3) is 4.39.